The predicted octanol–water partition coefficient (Wildman–Crippen LogP) is 3.33. The van der Waals surface area contributed by atoms with Crippen LogP contribution in [0, 0.1) is 5.92 Å². The van der Waals surface area contributed by atoms with Crippen LogP contribution < -0.4 is 4.74 Å². The van der Waals surface area contributed by atoms with Gasteiger partial charge >= 0.3 is 0 Å². The summed E-state index contributed by atoms with van der Waals surface area (Å²) in [4.78, 5) is 5.27. The van der Waals surface area contributed by atoms with Gasteiger partial charge in [0.2, 0.25) is 0 Å². The lowest BCUT2D eigenvalue weighted by Gasteiger charge is -2.36. The molecule has 3 aliphatic rings. The molecule has 28 heavy (non-hydrogen) atoms. The van der Waals surface area contributed by atoms with Crippen LogP contribution in [-0.2, 0) is 13.1 Å². The molecule has 3 aromatic rings. The molecule has 0 unspecified atom stereocenters. The Balaban J connectivity index is 1.30. The van der Waals surface area contributed by atoms with Gasteiger partial charge in [0, 0.05) is 38.8 Å². The molecule has 4 heterocycles. The van der Waals surface area contributed by atoms with Crippen molar-refractivity contribution in [1.29, 1.82) is 0 Å². The number of hydrogen-bond acceptors (Lipinski definition) is 6. The van der Waals surface area contributed by atoms with Crippen LogP contribution in [0.5, 0.6) is 5.75 Å². The highest BCUT2D eigenvalue weighted by Crippen LogP contribution is 2.31. The lowest BCUT2D eigenvalue weighted by molar-refractivity contribution is 0.123. The summed E-state index contributed by atoms with van der Waals surface area (Å²) in [5.41, 5.74) is 4.32. The molecular formula is C22H26N4O2. The Morgan fingerprint density at radius 3 is 2.75 bits per heavy atom. The molecular weight excluding hydrogens is 352 g/mol. The zero-order valence-corrected chi connectivity index (χ0v) is 16.3. The molecule has 146 valence electrons. The predicted molar refractivity (Wildman–Crippen MR) is 107 cm³/mol. The number of ether oxygens (including phenoxy) is 1. The second-order valence-corrected chi connectivity index (χ2v) is 8.12. The summed E-state index contributed by atoms with van der Waals surface area (Å²) in [7, 11) is 1.71. The molecule has 2 bridgehead atoms. The zero-order chi connectivity index (χ0) is 18.9. The van der Waals surface area contributed by atoms with E-state index < -0.39 is 0 Å². The van der Waals surface area contributed by atoms with Crippen LogP contribution in [0.4, 0.5) is 0 Å². The third kappa shape index (κ3) is 3.50. The summed E-state index contributed by atoms with van der Waals surface area (Å²) < 4.78 is 10.2. The van der Waals surface area contributed by atoms with Gasteiger partial charge in [0.15, 0.2) is 0 Å². The monoisotopic (exact) mass is 378 g/mol. The van der Waals surface area contributed by atoms with Crippen molar-refractivity contribution < 1.29 is 9.37 Å². The van der Waals surface area contributed by atoms with Crippen LogP contribution in [0.25, 0.3) is 11.0 Å². The number of aromatic nitrogens is 2. The first kappa shape index (κ1) is 17.6. The number of hydrogen-bond donors (Lipinski definition) is 0. The van der Waals surface area contributed by atoms with Gasteiger partial charge in [-0.25, -0.2) is 4.63 Å². The molecule has 0 aliphatic carbocycles. The van der Waals surface area contributed by atoms with E-state index in [-0.39, 0.29) is 0 Å². The molecule has 6 nitrogen and oxygen atoms in total. The van der Waals surface area contributed by atoms with E-state index in [0.717, 1.165) is 48.9 Å². The molecule has 0 saturated carbocycles. The van der Waals surface area contributed by atoms with E-state index in [1.54, 1.807) is 7.11 Å². The van der Waals surface area contributed by atoms with Gasteiger partial charge in [0.05, 0.1) is 7.11 Å². The van der Waals surface area contributed by atoms with Crippen molar-refractivity contribution in [2.45, 2.75) is 32.0 Å². The fraction of sp³-hybridized carbons (Fsp3) is 0.455. The number of nitrogens with zero attached hydrogens (tertiary/aromatic N) is 4. The Bertz CT molecular complexity index is 939. The molecule has 0 radical (unpaired) electrons. The van der Waals surface area contributed by atoms with Crippen molar-refractivity contribution in [3.05, 3.63) is 53.6 Å². The van der Waals surface area contributed by atoms with Gasteiger partial charge in [0.1, 0.15) is 16.8 Å². The summed E-state index contributed by atoms with van der Waals surface area (Å²) in [6, 6.07) is 15.2. The molecule has 2 atom stereocenters. The van der Waals surface area contributed by atoms with Gasteiger partial charge in [-0.3, -0.25) is 9.80 Å². The van der Waals surface area contributed by atoms with E-state index in [1.807, 2.05) is 12.1 Å². The maximum absolute atomic E-state index is 5.28. The maximum Gasteiger partial charge on any atom is 0.139 e. The van der Waals surface area contributed by atoms with Crippen molar-refractivity contribution in [2.75, 3.05) is 26.7 Å². The zero-order valence-electron chi connectivity index (χ0n) is 16.3. The fourth-order valence-electron chi connectivity index (χ4n) is 4.80. The first-order chi connectivity index (χ1) is 13.8. The SMILES string of the molecule is COc1ccc(CN2C[C@@H]3CC[C@H](C2)N(Cc2cccc4nonc24)C3)cc1. The summed E-state index contributed by atoms with van der Waals surface area (Å²) in [5, 5.41) is 8.11. The average molecular weight is 378 g/mol. The molecule has 0 amide bonds. The smallest absolute Gasteiger partial charge is 0.139 e. The highest BCUT2D eigenvalue weighted by atomic mass is 16.6. The van der Waals surface area contributed by atoms with Crippen LogP contribution in [0.2, 0.25) is 0 Å². The Labute approximate surface area is 165 Å². The molecule has 6 heteroatoms. The summed E-state index contributed by atoms with van der Waals surface area (Å²) in [5.74, 6) is 1.65. The molecule has 6 rings (SSSR count). The van der Waals surface area contributed by atoms with Gasteiger partial charge < -0.3 is 4.74 Å². The Morgan fingerprint density at radius 2 is 1.89 bits per heavy atom. The van der Waals surface area contributed by atoms with Crippen molar-refractivity contribution in [1.82, 2.24) is 20.1 Å². The van der Waals surface area contributed by atoms with Gasteiger partial charge in [0.25, 0.3) is 0 Å². The average Bonchev–Trinajstić information content (AvgIpc) is 3.05. The molecule has 3 aliphatic heterocycles. The van der Waals surface area contributed by atoms with Crippen LogP contribution in [0.15, 0.2) is 47.1 Å². The maximum atomic E-state index is 5.28. The minimum atomic E-state index is 0.590. The normalized spacial score (nSPS) is 23.2. The van der Waals surface area contributed by atoms with Gasteiger partial charge in [-0.05, 0) is 58.4 Å². The van der Waals surface area contributed by atoms with Gasteiger partial charge in [-0.15, -0.1) is 0 Å². The number of rotatable bonds is 5. The van der Waals surface area contributed by atoms with Crippen LogP contribution >= 0.6 is 0 Å². The summed E-state index contributed by atoms with van der Waals surface area (Å²) >= 11 is 0. The summed E-state index contributed by atoms with van der Waals surface area (Å²) in [6.45, 7) is 5.38. The highest BCUT2D eigenvalue weighted by molar-refractivity contribution is 5.76. The topological polar surface area (TPSA) is 54.6 Å². The minimum absolute atomic E-state index is 0.590. The number of fused-ring (bicyclic) bond motifs is 5. The van der Waals surface area contributed by atoms with Crippen LogP contribution in [0.1, 0.15) is 24.0 Å². The van der Waals surface area contributed by atoms with E-state index in [9.17, 15) is 0 Å². The third-order valence-electron chi connectivity index (χ3n) is 6.21. The molecule has 1 aromatic heterocycles. The van der Waals surface area contributed by atoms with Crippen LogP contribution in [-0.4, -0.2) is 52.9 Å². The fourth-order valence-corrected chi connectivity index (χ4v) is 4.80. The lowest BCUT2D eigenvalue weighted by atomic mass is 9.94. The molecule has 3 fully saturated rings. The first-order valence-corrected chi connectivity index (χ1v) is 10.1. The first-order valence-electron chi connectivity index (χ1n) is 10.1. The number of piperidine rings is 1. The van der Waals surface area contributed by atoms with Gasteiger partial charge in [-0.2, -0.15) is 0 Å². The van der Waals surface area contributed by atoms with Gasteiger partial charge in [-0.1, -0.05) is 24.3 Å². The Hall–Kier alpha value is -2.44. The molecule has 0 spiro atoms. The molecule has 3 saturated heterocycles. The Kier molecular flexibility index (Phi) is 4.74. The van der Waals surface area contributed by atoms with E-state index in [1.165, 1.54) is 30.5 Å². The van der Waals surface area contributed by atoms with E-state index >= 15 is 0 Å². The van der Waals surface area contributed by atoms with Crippen LogP contribution in [0.3, 0.4) is 0 Å². The second kappa shape index (κ2) is 7.53. The molecule has 2 aromatic carbocycles. The standard InChI is InChI=1S/C22H26N4O2/c1-27-20-9-6-16(7-10-20)11-25-12-17-5-8-19(15-25)26(13-17)14-18-3-2-4-21-22(18)24-28-23-21/h2-4,6-7,9-10,17,19H,5,8,11-15H2,1H3/t17-,19+/m0/s1. The lowest BCUT2D eigenvalue weighted by Crippen LogP contribution is -2.43. The minimum Gasteiger partial charge on any atom is -0.497 e. The highest BCUT2D eigenvalue weighted by Gasteiger charge is 2.34. The third-order valence-corrected chi connectivity index (χ3v) is 6.21. The van der Waals surface area contributed by atoms with Crippen molar-refractivity contribution in [3.8, 4) is 5.75 Å². The van der Waals surface area contributed by atoms with Crippen molar-refractivity contribution in [2.24, 2.45) is 5.92 Å². The van der Waals surface area contributed by atoms with E-state index in [0.29, 0.717) is 6.04 Å². The quantitative estimate of drug-likeness (QED) is 0.679. The van der Waals surface area contributed by atoms with Crippen molar-refractivity contribution >= 4 is 11.0 Å². The number of methoxy groups -OCH3 is 1. The second-order valence-electron chi connectivity index (χ2n) is 8.12. The Morgan fingerprint density at radius 1 is 1.00 bits per heavy atom. The summed E-state index contributed by atoms with van der Waals surface area (Å²) in [6.07, 6.45) is 2.60. The van der Waals surface area contributed by atoms with Crippen molar-refractivity contribution in [3.63, 3.8) is 0 Å². The number of benzene rings is 2. The van der Waals surface area contributed by atoms with E-state index in [2.05, 4.69) is 50.4 Å². The van der Waals surface area contributed by atoms with E-state index in [4.69, 9.17) is 9.37 Å². The molecule has 0 N–H and O–H groups in total. The largest absolute Gasteiger partial charge is 0.497 e.